The van der Waals surface area contributed by atoms with E-state index in [9.17, 15) is 13.2 Å². The first kappa shape index (κ1) is 21.7. The third-order valence-corrected chi connectivity index (χ3v) is 7.27. The molecule has 24 heavy (non-hydrogen) atoms. The third-order valence-electron chi connectivity index (χ3n) is 5.31. The van der Waals surface area contributed by atoms with Crippen LogP contribution in [0.5, 0.6) is 0 Å². The lowest BCUT2D eigenvalue weighted by molar-refractivity contribution is -0.128. The van der Waals surface area contributed by atoms with Crippen molar-refractivity contribution in [1.29, 1.82) is 0 Å². The number of hydrogen-bond donors (Lipinski definition) is 2. The van der Waals surface area contributed by atoms with Crippen molar-refractivity contribution in [2.24, 2.45) is 11.7 Å². The molecule has 1 saturated carbocycles. The van der Waals surface area contributed by atoms with Crippen molar-refractivity contribution in [2.75, 3.05) is 25.4 Å². The minimum atomic E-state index is -3.15. The average Bonchev–Trinajstić information content (AvgIpc) is 3.02. The summed E-state index contributed by atoms with van der Waals surface area (Å²) in [7, 11) is -3.15. The SMILES string of the molecule is CCCCS(=O)(=O)N1CCC(C(=O)NC2(CN)CCCC2)CC1.Cl. The first-order chi connectivity index (χ1) is 10.9. The van der Waals surface area contributed by atoms with E-state index in [4.69, 9.17) is 5.73 Å². The number of rotatable bonds is 7. The van der Waals surface area contributed by atoms with Crippen LogP contribution in [0.2, 0.25) is 0 Å². The van der Waals surface area contributed by atoms with Gasteiger partial charge in [0.25, 0.3) is 0 Å². The lowest BCUT2D eigenvalue weighted by atomic mass is 9.93. The summed E-state index contributed by atoms with van der Waals surface area (Å²) in [5, 5.41) is 3.17. The molecule has 0 aromatic carbocycles. The van der Waals surface area contributed by atoms with Crippen LogP contribution in [-0.4, -0.2) is 49.6 Å². The second kappa shape index (κ2) is 9.36. The Morgan fingerprint density at radius 1 is 1.25 bits per heavy atom. The Morgan fingerprint density at radius 3 is 2.33 bits per heavy atom. The van der Waals surface area contributed by atoms with E-state index in [1.807, 2.05) is 6.92 Å². The molecular formula is C16H32ClN3O3S. The van der Waals surface area contributed by atoms with Crippen molar-refractivity contribution >= 4 is 28.3 Å². The second-order valence-electron chi connectivity index (χ2n) is 7.02. The summed E-state index contributed by atoms with van der Waals surface area (Å²) in [6.45, 7) is 3.39. The molecule has 0 bridgehead atoms. The van der Waals surface area contributed by atoms with E-state index in [2.05, 4.69) is 5.32 Å². The molecule has 2 fully saturated rings. The molecule has 1 saturated heterocycles. The number of sulfonamides is 1. The molecule has 1 aliphatic carbocycles. The second-order valence-corrected chi connectivity index (χ2v) is 9.11. The number of carbonyl (C=O) groups excluding carboxylic acids is 1. The molecule has 0 atom stereocenters. The Morgan fingerprint density at radius 2 is 1.83 bits per heavy atom. The molecule has 0 spiro atoms. The Balaban J connectivity index is 0.00000288. The highest BCUT2D eigenvalue weighted by molar-refractivity contribution is 7.89. The van der Waals surface area contributed by atoms with E-state index in [-0.39, 0.29) is 35.5 Å². The van der Waals surface area contributed by atoms with Gasteiger partial charge in [-0.1, -0.05) is 26.2 Å². The summed E-state index contributed by atoms with van der Waals surface area (Å²) in [5.74, 6) is 0.191. The first-order valence-electron chi connectivity index (χ1n) is 8.92. The van der Waals surface area contributed by atoms with Gasteiger partial charge in [0.2, 0.25) is 15.9 Å². The minimum absolute atomic E-state index is 0. The molecule has 0 radical (unpaired) electrons. The van der Waals surface area contributed by atoms with Crippen LogP contribution in [0.3, 0.4) is 0 Å². The predicted octanol–water partition coefficient (Wildman–Crippen LogP) is 1.64. The molecule has 8 heteroatoms. The van der Waals surface area contributed by atoms with Gasteiger partial charge < -0.3 is 11.1 Å². The topological polar surface area (TPSA) is 92.5 Å². The summed E-state index contributed by atoms with van der Waals surface area (Å²) in [6.07, 6.45) is 6.94. The lowest BCUT2D eigenvalue weighted by Gasteiger charge is -2.34. The highest BCUT2D eigenvalue weighted by Crippen LogP contribution is 2.30. The number of nitrogens with zero attached hydrogens (tertiary/aromatic N) is 1. The van der Waals surface area contributed by atoms with Crippen LogP contribution in [-0.2, 0) is 14.8 Å². The van der Waals surface area contributed by atoms with Gasteiger partial charge in [-0.2, -0.15) is 0 Å². The summed E-state index contributed by atoms with van der Waals surface area (Å²) >= 11 is 0. The number of halogens is 1. The van der Waals surface area contributed by atoms with Crippen LogP contribution >= 0.6 is 12.4 Å². The maximum atomic E-state index is 12.5. The fourth-order valence-electron chi connectivity index (χ4n) is 3.65. The van der Waals surface area contributed by atoms with Gasteiger partial charge in [0, 0.05) is 25.6 Å². The van der Waals surface area contributed by atoms with Gasteiger partial charge in [-0.3, -0.25) is 4.79 Å². The van der Waals surface area contributed by atoms with Gasteiger partial charge >= 0.3 is 0 Å². The van der Waals surface area contributed by atoms with E-state index in [0.717, 1.165) is 32.1 Å². The molecule has 0 unspecified atom stereocenters. The molecule has 142 valence electrons. The monoisotopic (exact) mass is 381 g/mol. The number of amides is 1. The number of nitrogens with two attached hydrogens (primary N) is 1. The Labute approximate surface area is 152 Å². The fourth-order valence-corrected chi connectivity index (χ4v) is 5.33. The predicted molar refractivity (Wildman–Crippen MR) is 98.6 cm³/mol. The van der Waals surface area contributed by atoms with Crippen molar-refractivity contribution in [1.82, 2.24) is 9.62 Å². The van der Waals surface area contributed by atoms with Crippen LogP contribution < -0.4 is 11.1 Å². The smallest absolute Gasteiger partial charge is 0.223 e. The number of nitrogens with one attached hydrogen (secondary N) is 1. The van der Waals surface area contributed by atoms with E-state index in [1.165, 1.54) is 0 Å². The summed E-state index contributed by atoms with van der Waals surface area (Å²) < 4.78 is 26.0. The van der Waals surface area contributed by atoms with E-state index >= 15 is 0 Å². The zero-order chi connectivity index (χ0) is 16.9. The van der Waals surface area contributed by atoms with Crippen molar-refractivity contribution in [3.05, 3.63) is 0 Å². The van der Waals surface area contributed by atoms with Crippen LogP contribution in [0.4, 0.5) is 0 Å². The quantitative estimate of drug-likeness (QED) is 0.701. The van der Waals surface area contributed by atoms with Crippen LogP contribution in [0, 0.1) is 5.92 Å². The normalized spacial score (nSPS) is 22.1. The summed E-state index contributed by atoms with van der Waals surface area (Å²) in [4.78, 5) is 12.5. The van der Waals surface area contributed by atoms with E-state index < -0.39 is 10.0 Å². The van der Waals surface area contributed by atoms with Crippen molar-refractivity contribution in [3.63, 3.8) is 0 Å². The first-order valence-corrected chi connectivity index (χ1v) is 10.5. The van der Waals surface area contributed by atoms with Crippen molar-refractivity contribution in [3.8, 4) is 0 Å². The number of unbranched alkanes of at least 4 members (excludes halogenated alkanes) is 1. The Bertz CT molecular complexity index is 499. The lowest BCUT2D eigenvalue weighted by Crippen LogP contribution is -2.54. The molecule has 1 heterocycles. The van der Waals surface area contributed by atoms with Gasteiger partial charge in [0.05, 0.1) is 11.3 Å². The van der Waals surface area contributed by atoms with Gasteiger partial charge in [-0.05, 0) is 32.1 Å². The van der Waals surface area contributed by atoms with Gasteiger partial charge in [0.15, 0.2) is 0 Å². The standard InChI is InChI=1S/C16H31N3O3S.ClH/c1-2-3-12-23(21,22)19-10-6-14(7-11-19)15(20)18-16(13-17)8-4-5-9-16;/h14H,2-13,17H2,1H3,(H,18,20);1H. The number of piperidine rings is 1. The zero-order valence-electron chi connectivity index (χ0n) is 14.6. The van der Waals surface area contributed by atoms with E-state index in [1.54, 1.807) is 4.31 Å². The summed E-state index contributed by atoms with van der Waals surface area (Å²) in [5.41, 5.74) is 5.65. The molecule has 2 aliphatic rings. The highest BCUT2D eigenvalue weighted by atomic mass is 35.5. The van der Waals surface area contributed by atoms with Crippen molar-refractivity contribution in [2.45, 2.75) is 63.8 Å². The molecule has 2 rings (SSSR count). The summed E-state index contributed by atoms with van der Waals surface area (Å²) in [6, 6.07) is 0. The zero-order valence-corrected chi connectivity index (χ0v) is 16.3. The third kappa shape index (κ3) is 5.31. The van der Waals surface area contributed by atoms with Gasteiger partial charge in [0.1, 0.15) is 0 Å². The van der Waals surface area contributed by atoms with E-state index in [0.29, 0.717) is 38.9 Å². The van der Waals surface area contributed by atoms with Gasteiger partial charge in [-0.25, -0.2) is 12.7 Å². The maximum Gasteiger partial charge on any atom is 0.223 e. The maximum absolute atomic E-state index is 12.5. The minimum Gasteiger partial charge on any atom is -0.349 e. The Hall–Kier alpha value is -0.370. The number of hydrogen-bond acceptors (Lipinski definition) is 4. The molecule has 6 nitrogen and oxygen atoms in total. The average molecular weight is 382 g/mol. The highest BCUT2D eigenvalue weighted by Gasteiger charge is 2.37. The van der Waals surface area contributed by atoms with Crippen molar-refractivity contribution < 1.29 is 13.2 Å². The van der Waals surface area contributed by atoms with Crippen LogP contribution in [0.25, 0.3) is 0 Å². The van der Waals surface area contributed by atoms with Crippen LogP contribution in [0.1, 0.15) is 58.3 Å². The molecule has 1 amide bonds. The fraction of sp³-hybridized carbons (Fsp3) is 0.938. The van der Waals surface area contributed by atoms with Gasteiger partial charge in [-0.15, -0.1) is 12.4 Å². The number of carbonyl (C=O) groups is 1. The molecule has 1 aliphatic heterocycles. The Kier molecular flexibility index (Phi) is 8.45. The molecule has 3 N–H and O–H groups in total. The molecular weight excluding hydrogens is 350 g/mol. The molecule has 0 aromatic heterocycles. The van der Waals surface area contributed by atoms with Crippen LogP contribution in [0.15, 0.2) is 0 Å². The largest absolute Gasteiger partial charge is 0.349 e. The molecule has 0 aromatic rings.